The molecule has 0 bridgehead atoms. The Balaban J connectivity index is 1.92. The van der Waals surface area contributed by atoms with Crippen molar-refractivity contribution in [2.75, 3.05) is 7.05 Å². The predicted octanol–water partition coefficient (Wildman–Crippen LogP) is 4.18. The van der Waals surface area contributed by atoms with E-state index in [2.05, 4.69) is 49.6 Å². The highest BCUT2D eigenvalue weighted by Crippen LogP contribution is 2.40. The van der Waals surface area contributed by atoms with E-state index >= 15 is 0 Å². The van der Waals surface area contributed by atoms with Crippen LogP contribution in [0.25, 0.3) is 0 Å². The largest absolute Gasteiger partial charge is 0.316 e. The van der Waals surface area contributed by atoms with Gasteiger partial charge in [-0.3, -0.25) is 0 Å². The Labute approximate surface area is 112 Å². The first kappa shape index (κ1) is 13.6. The summed E-state index contributed by atoms with van der Waals surface area (Å²) in [4.78, 5) is 0. The van der Waals surface area contributed by atoms with Crippen molar-refractivity contribution < 1.29 is 0 Å². The zero-order chi connectivity index (χ0) is 12.8. The van der Waals surface area contributed by atoms with E-state index in [0.29, 0.717) is 11.5 Å². The van der Waals surface area contributed by atoms with Crippen molar-refractivity contribution in [3.63, 3.8) is 0 Å². The molecule has 1 aliphatic carbocycles. The second-order valence-corrected chi connectivity index (χ2v) is 6.08. The van der Waals surface area contributed by atoms with E-state index in [1.165, 1.54) is 50.5 Å². The van der Waals surface area contributed by atoms with Gasteiger partial charge in [-0.2, -0.15) is 0 Å². The second-order valence-electron chi connectivity index (χ2n) is 6.08. The molecule has 0 aliphatic heterocycles. The molecule has 18 heavy (non-hydrogen) atoms. The van der Waals surface area contributed by atoms with Crippen molar-refractivity contribution >= 4 is 0 Å². The van der Waals surface area contributed by atoms with Crippen molar-refractivity contribution in [1.82, 2.24) is 5.32 Å². The molecule has 1 nitrogen and oxygen atoms in total. The third-order valence-electron chi connectivity index (χ3n) is 4.75. The molecule has 0 saturated heterocycles. The Kier molecular flexibility index (Phi) is 4.82. The SMILES string of the molecule is CNC(CCc1ccccc1)C1(C)CCCCC1. The van der Waals surface area contributed by atoms with Gasteiger partial charge >= 0.3 is 0 Å². The quantitative estimate of drug-likeness (QED) is 0.820. The van der Waals surface area contributed by atoms with Crippen molar-refractivity contribution in [2.45, 2.75) is 57.9 Å². The number of benzene rings is 1. The first-order valence-electron chi connectivity index (χ1n) is 7.46. The maximum atomic E-state index is 3.58. The molecule has 0 heterocycles. The van der Waals surface area contributed by atoms with Crippen molar-refractivity contribution in [2.24, 2.45) is 5.41 Å². The molecular weight excluding hydrogens is 218 g/mol. The molecule has 0 spiro atoms. The van der Waals surface area contributed by atoms with Gasteiger partial charge in [0.25, 0.3) is 0 Å². The van der Waals surface area contributed by atoms with Gasteiger partial charge in [0.1, 0.15) is 0 Å². The van der Waals surface area contributed by atoms with Crippen molar-refractivity contribution in [3.05, 3.63) is 35.9 Å². The Bertz CT molecular complexity index is 338. The summed E-state index contributed by atoms with van der Waals surface area (Å²) in [5, 5.41) is 3.58. The van der Waals surface area contributed by atoms with Gasteiger partial charge in [0.15, 0.2) is 0 Å². The zero-order valence-electron chi connectivity index (χ0n) is 11.9. The van der Waals surface area contributed by atoms with Crippen molar-refractivity contribution in [1.29, 1.82) is 0 Å². The third-order valence-corrected chi connectivity index (χ3v) is 4.75. The lowest BCUT2D eigenvalue weighted by Gasteiger charge is -2.41. The first-order chi connectivity index (χ1) is 8.74. The van der Waals surface area contributed by atoms with Crippen LogP contribution in [0.15, 0.2) is 30.3 Å². The zero-order valence-corrected chi connectivity index (χ0v) is 11.9. The van der Waals surface area contributed by atoms with Gasteiger partial charge in [-0.25, -0.2) is 0 Å². The molecule has 1 aliphatic rings. The summed E-state index contributed by atoms with van der Waals surface area (Å²) in [6.45, 7) is 2.48. The van der Waals surface area contributed by atoms with Gasteiger partial charge in [0.2, 0.25) is 0 Å². The highest BCUT2D eigenvalue weighted by Gasteiger charge is 2.33. The van der Waals surface area contributed by atoms with Gasteiger partial charge in [0, 0.05) is 6.04 Å². The highest BCUT2D eigenvalue weighted by atomic mass is 14.9. The van der Waals surface area contributed by atoms with Crippen LogP contribution in [-0.4, -0.2) is 13.1 Å². The molecule has 1 saturated carbocycles. The van der Waals surface area contributed by atoms with Crippen LogP contribution in [0, 0.1) is 5.41 Å². The molecule has 2 rings (SSSR count). The van der Waals surface area contributed by atoms with Gasteiger partial charge in [-0.05, 0) is 43.7 Å². The Morgan fingerprint density at radius 1 is 1.11 bits per heavy atom. The van der Waals surface area contributed by atoms with E-state index in [-0.39, 0.29) is 0 Å². The fourth-order valence-electron chi connectivity index (χ4n) is 3.50. The second kappa shape index (κ2) is 6.38. The van der Waals surface area contributed by atoms with Gasteiger partial charge in [-0.1, -0.05) is 56.5 Å². The van der Waals surface area contributed by atoms with Crippen molar-refractivity contribution in [3.8, 4) is 0 Å². The minimum absolute atomic E-state index is 0.516. The molecule has 100 valence electrons. The molecule has 1 atom stereocenters. The van der Waals surface area contributed by atoms with Crippen LogP contribution in [0.3, 0.4) is 0 Å². The van der Waals surface area contributed by atoms with E-state index in [0.717, 1.165) is 0 Å². The fourth-order valence-corrected chi connectivity index (χ4v) is 3.50. The number of aryl methyl sites for hydroxylation is 1. The van der Waals surface area contributed by atoms with E-state index < -0.39 is 0 Å². The molecule has 1 heteroatoms. The standard InChI is InChI=1S/C17H27N/c1-17(13-7-4-8-14-17)16(18-2)12-11-15-9-5-3-6-10-15/h3,5-6,9-10,16,18H,4,7-8,11-14H2,1-2H3. The van der Waals surface area contributed by atoms with E-state index in [4.69, 9.17) is 0 Å². The summed E-state index contributed by atoms with van der Waals surface area (Å²) >= 11 is 0. The molecule has 1 N–H and O–H groups in total. The van der Waals surface area contributed by atoms with Crippen LogP contribution in [0.4, 0.5) is 0 Å². The van der Waals surface area contributed by atoms with E-state index in [1.807, 2.05) is 0 Å². The van der Waals surface area contributed by atoms with Crippen LogP contribution < -0.4 is 5.32 Å². The van der Waals surface area contributed by atoms with Crippen LogP contribution in [0.5, 0.6) is 0 Å². The smallest absolute Gasteiger partial charge is 0.0121 e. The molecule has 0 aromatic heterocycles. The molecule has 1 aromatic rings. The topological polar surface area (TPSA) is 12.0 Å². The van der Waals surface area contributed by atoms with E-state index in [9.17, 15) is 0 Å². The molecule has 0 amide bonds. The lowest BCUT2D eigenvalue weighted by molar-refractivity contribution is 0.143. The molecule has 1 unspecified atom stereocenters. The normalized spacial score (nSPS) is 20.6. The summed E-state index contributed by atoms with van der Waals surface area (Å²) in [6, 6.07) is 11.5. The Morgan fingerprint density at radius 2 is 1.78 bits per heavy atom. The summed E-state index contributed by atoms with van der Waals surface area (Å²) in [6.07, 6.45) is 9.52. The molecular formula is C17H27N. The Hall–Kier alpha value is -0.820. The monoisotopic (exact) mass is 245 g/mol. The number of hydrogen-bond acceptors (Lipinski definition) is 1. The predicted molar refractivity (Wildman–Crippen MR) is 78.8 cm³/mol. The van der Waals surface area contributed by atoms with Crippen LogP contribution >= 0.6 is 0 Å². The number of nitrogens with one attached hydrogen (secondary N) is 1. The summed E-state index contributed by atoms with van der Waals surface area (Å²) in [5.41, 5.74) is 1.99. The van der Waals surface area contributed by atoms with Gasteiger partial charge < -0.3 is 5.32 Å². The van der Waals surface area contributed by atoms with Crippen LogP contribution in [-0.2, 0) is 6.42 Å². The fraction of sp³-hybridized carbons (Fsp3) is 0.647. The average Bonchev–Trinajstić information content (AvgIpc) is 2.41. The molecule has 1 fully saturated rings. The summed E-state index contributed by atoms with van der Waals surface area (Å²) in [7, 11) is 2.13. The summed E-state index contributed by atoms with van der Waals surface area (Å²) in [5.74, 6) is 0. The highest BCUT2D eigenvalue weighted by molar-refractivity contribution is 5.15. The lowest BCUT2D eigenvalue weighted by Crippen LogP contribution is -2.43. The maximum absolute atomic E-state index is 3.58. The minimum atomic E-state index is 0.516. The molecule has 1 aromatic carbocycles. The van der Waals surface area contributed by atoms with Gasteiger partial charge in [-0.15, -0.1) is 0 Å². The summed E-state index contributed by atoms with van der Waals surface area (Å²) < 4.78 is 0. The van der Waals surface area contributed by atoms with Crippen LogP contribution in [0.2, 0.25) is 0 Å². The third kappa shape index (κ3) is 3.35. The number of rotatable bonds is 5. The lowest BCUT2D eigenvalue weighted by atomic mass is 9.69. The molecule has 0 radical (unpaired) electrons. The maximum Gasteiger partial charge on any atom is 0.0121 e. The minimum Gasteiger partial charge on any atom is -0.316 e. The Morgan fingerprint density at radius 3 is 2.39 bits per heavy atom. The number of hydrogen-bond donors (Lipinski definition) is 1. The van der Waals surface area contributed by atoms with Gasteiger partial charge in [0.05, 0.1) is 0 Å². The first-order valence-corrected chi connectivity index (χ1v) is 7.46. The van der Waals surface area contributed by atoms with Crippen LogP contribution in [0.1, 0.15) is 51.0 Å². The van der Waals surface area contributed by atoms with E-state index in [1.54, 1.807) is 0 Å². The average molecular weight is 245 g/mol.